The van der Waals surface area contributed by atoms with Crippen molar-refractivity contribution in [1.82, 2.24) is 0 Å². The standard InChI is InChI=1S/C14H11ClF3N/c15-12-7-2-1-4-9(12)8-10-5-3-6-11(13(10)19)14(16,17)18/h1-7H,8,19H2. The van der Waals surface area contributed by atoms with Crippen molar-refractivity contribution in [1.29, 1.82) is 0 Å². The Labute approximate surface area is 113 Å². The van der Waals surface area contributed by atoms with E-state index in [0.29, 0.717) is 10.6 Å². The van der Waals surface area contributed by atoms with E-state index in [4.69, 9.17) is 17.3 Å². The molecule has 0 saturated heterocycles. The van der Waals surface area contributed by atoms with Crippen molar-refractivity contribution in [2.75, 3.05) is 5.73 Å². The number of benzene rings is 2. The first kappa shape index (κ1) is 13.7. The van der Waals surface area contributed by atoms with Crippen LogP contribution in [0.15, 0.2) is 42.5 Å². The second-order valence-corrected chi connectivity index (χ2v) is 4.55. The lowest BCUT2D eigenvalue weighted by Crippen LogP contribution is -2.11. The average molecular weight is 286 g/mol. The largest absolute Gasteiger partial charge is 0.418 e. The summed E-state index contributed by atoms with van der Waals surface area (Å²) >= 11 is 5.99. The molecular formula is C14H11ClF3N. The second kappa shape index (κ2) is 5.13. The van der Waals surface area contributed by atoms with Gasteiger partial charge in [0.25, 0.3) is 0 Å². The van der Waals surface area contributed by atoms with Crippen molar-refractivity contribution in [3.05, 3.63) is 64.2 Å². The highest BCUT2D eigenvalue weighted by Crippen LogP contribution is 2.35. The van der Waals surface area contributed by atoms with E-state index in [1.807, 2.05) is 0 Å². The highest BCUT2D eigenvalue weighted by Gasteiger charge is 2.33. The van der Waals surface area contributed by atoms with E-state index in [0.717, 1.165) is 11.6 Å². The van der Waals surface area contributed by atoms with Crippen molar-refractivity contribution < 1.29 is 13.2 Å². The van der Waals surface area contributed by atoms with Crippen LogP contribution in [0.1, 0.15) is 16.7 Å². The molecule has 2 aromatic carbocycles. The van der Waals surface area contributed by atoms with Crippen molar-refractivity contribution in [2.45, 2.75) is 12.6 Å². The van der Waals surface area contributed by atoms with Crippen LogP contribution in [0.3, 0.4) is 0 Å². The van der Waals surface area contributed by atoms with Gasteiger partial charge in [-0.25, -0.2) is 0 Å². The molecule has 0 unspecified atom stereocenters. The van der Waals surface area contributed by atoms with Crippen LogP contribution < -0.4 is 5.73 Å². The molecule has 0 saturated carbocycles. The number of hydrogen-bond donors (Lipinski definition) is 1. The Kier molecular flexibility index (Phi) is 3.71. The molecule has 0 aromatic heterocycles. The zero-order valence-electron chi connectivity index (χ0n) is 9.84. The van der Waals surface area contributed by atoms with Gasteiger partial charge in [-0.2, -0.15) is 13.2 Å². The van der Waals surface area contributed by atoms with E-state index in [-0.39, 0.29) is 12.1 Å². The molecule has 2 rings (SSSR count). The fourth-order valence-electron chi connectivity index (χ4n) is 1.86. The summed E-state index contributed by atoms with van der Waals surface area (Å²) in [5, 5.41) is 0.513. The summed E-state index contributed by atoms with van der Waals surface area (Å²) < 4.78 is 38.2. The molecule has 0 heterocycles. The molecule has 0 aliphatic carbocycles. The molecule has 0 amide bonds. The van der Waals surface area contributed by atoms with Crippen LogP contribution in [-0.4, -0.2) is 0 Å². The first-order chi connectivity index (χ1) is 8.89. The van der Waals surface area contributed by atoms with Gasteiger partial charge in [-0.05, 0) is 23.3 Å². The van der Waals surface area contributed by atoms with Crippen molar-refractivity contribution in [3.63, 3.8) is 0 Å². The molecule has 0 bridgehead atoms. The van der Waals surface area contributed by atoms with Gasteiger partial charge in [-0.1, -0.05) is 41.9 Å². The average Bonchev–Trinajstić information content (AvgIpc) is 2.33. The van der Waals surface area contributed by atoms with E-state index in [1.165, 1.54) is 6.07 Å². The summed E-state index contributed by atoms with van der Waals surface area (Å²) in [6.07, 6.45) is -4.17. The van der Waals surface area contributed by atoms with Gasteiger partial charge >= 0.3 is 6.18 Å². The van der Waals surface area contributed by atoms with Crippen molar-refractivity contribution >= 4 is 17.3 Å². The molecule has 2 aromatic rings. The first-order valence-corrected chi connectivity index (χ1v) is 5.95. The Bertz CT molecular complexity index is 593. The molecule has 19 heavy (non-hydrogen) atoms. The Morgan fingerprint density at radius 2 is 1.58 bits per heavy atom. The summed E-state index contributed by atoms with van der Waals surface area (Å²) in [4.78, 5) is 0. The minimum absolute atomic E-state index is 0.241. The Balaban J connectivity index is 2.40. The third-order valence-electron chi connectivity index (χ3n) is 2.84. The number of halogens is 4. The fraction of sp³-hybridized carbons (Fsp3) is 0.143. The van der Waals surface area contributed by atoms with Gasteiger partial charge in [0.05, 0.1) is 5.56 Å². The van der Waals surface area contributed by atoms with Crippen LogP contribution in [0.2, 0.25) is 5.02 Å². The molecule has 5 heteroatoms. The topological polar surface area (TPSA) is 26.0 Å². The van der Waals surface area contributed by atoms with Crippen LogP contribution in [-0.2, 0) is 12.6 Å². The molecule has 0 radical (unpaired) electrons. The van der Waals surface area contributed by atoms with Crippen LogP contribution in [0.5, 0.6) is 0 Å². The maximum atomic E-state index is 12.7. The molecule has 100 valence electrons. The highest BCUT2D eigenvalue weighted by molar-refractivity contribution is 6.31. The van der Waals surface area contributed by atoms with Crippen LogP contribution in [0, 0.1) is 0 Å². The number of alkyl halides is 3. The Morgan fingerprint density at radius 1 is 0.947 bits per heavy atom. The minimum atomic E-state index is -4.44. The van der Waals surface area contributed by atoms with Gasteiger partial charge in [-0.15, -0.1) is 0 Å². The first-order valence-electron chi connectivity index (χ1n) is 5.57. The highest BCUT2D eigenvalue weighted by atomic mass is 35.5. The molecule has 2 N–H and O–H groups in total. The number of rotatable bonds is 2. The molecule has 0 fully saturated rings. The molecule has 1 nitrogen and oxygen atoms in total. The monoisotopic (exact) mass is 285 g/mol. The van der Waals surface area contributed by atoms with Crippen LogP contribution >= 0.6 is 11.6 Å². The fourth-order valence-corrected chi connectivity index (χ4v) is 2.06. The zero-order valence-corrected chi connectivity index (χ0v) is 10.6. The zero-order chi connectivity index (χ0) is 14.0. The molecule has 0 aliphatic heterocycles. The molecule has 0 aliphatic rings. The maximum Gasteiger partial charge on any atom is 0.418 e. The SMILES string of the molecule is Nc1c(Cc2ccccc2Cl)cccc1C(F)(F)F. The van der Waals surface area contributed by atoms with Gasteiger partial charge < -0.3 is 5.73 Å². The Morgan fingerprint density at radius 3 is 2.21 bits per heavy atom. The second-order valence-electron chi connectivity index (χ2n) is 4.14. The van der Waals surface area contributed by atoms with Gasteiger partial charge in [0.2, 0.25) is 0 Å². The summed E-state index contributed by atoms with van der Waals surface area (Å²) in [5.41, 5.74) is 5.72. The number of hydrogen-bond acceptors (Lipinski definition) is 1. The number of nitrogens with two attached hydrogens (primary N) is 1. The molecular weight excluding hydrogens is 275 g/mol. The third kappa shape index (κ3) is 3.01. The quantitative estimate of drug-likeness (QED) is 0.806. The smallest absolute Gasteiger partial charge is 0.398 e. The van der Waals surface area contributed by atoms with E-state index >= 15 is 0 Å². The van der Waals surface area contributed by atoms with Gasteiger partial charge in [-0.3, -0.25) is 0 Å². The number of para-hydroxylation sites is 1. The summed E-state index contributed by atoms with van der Waals surface area (Å²) in [7, 11) is 0. The molecule has 0 atom stereocenters. The lowest BCUT2D eigenvalue weighted by atomic mass is 10.00. The summed E-state index contributed by atoms with van der Waals surface area (Å²) in [6.45, 7) is 0. The predicted octanol–water partition coefficient (Wildman–Crippen LogP) is 4.53. The van der Waals surface area contributed by atoms with E-state index in [1.54, 1.807) is 30.3 Å². The lowest BCUT2D eigenvalue weighted by Gasteiger charge is -2.14. The van der Waals surface area contributed by atoms with E-state index < -0.39 is 11.7 Å². The summed E-state index contributed by atoms with van der Waals surface area (Å²) in [6, 6.07) is 10.9. The van der Waals surface area contributed by atoms with Crippen molar-refractivity contribution in [2.24, 2.45) is 0 Å². The van der Waals surface area contributed by atoms with Gasteiger partial charge in [0, 0.05) is 17.1 Å². The van der Waals surface area contributed by atoms with Crippen LogP contribution in [0.4, 0.5) is 18.9 Å². The van der Waals surface area contributed by atoms with E-state index in [9.17, 15) is 13.2 Å². The number of nitrogen functional groups attached to an aromatic ring is 1. The van der Waals surface area contributed by atoms with Crippen molar-refractivity contribution in [3.8, 4) is 0 Å². The van der Waals surface area contributed by atoms with E-state index in [2.05, 4.69) is 0 Å². The number of anilines is 1. The molecule has 0 spiro atoms. The third-order valence-corrected chi connectivity index (χ3v) is 3.21. The predicted molar refractivity (Wildman–Crippen MR) is 70.1 cm³/mol. The maximum absolute atomic E-state index is 12.7. The normalized spacial score (nSPS) is 11.6. The minimum Gasteiger partial charge on any atom is -0.398 e. The van der Waals surface area contributed by atoms with Crippen LogP contribution in [0.25, 0.3) is 0 Å². The van der Waals surface area contributed by atoms with Gasteiger partial charge in [0.15, 0.2) is 0 Å². The summed E-state index contributed by atoms with van der Waals surface area (Å²) in [5.74, 6) is 0. The Hall–Kier alpha value is -1.68. The lowest BCUT2D eigenvalue weighted by molar-refractivity contribution is -0.136. The van der Waals surface area contributed by atoms with Gasteiger partial charge in [0.1, 0.15) is 0 Å².